The number of aliphatic carboxylic acids is 1. The van der Waals surface area contributed by atoms with Gasteiger partial charge in [0.25, 0.3) is 0 Å². The quantitative estimate of drug-likeness (QED) is 0.363. The molecular formula is C7H13F3N4O3. The second-order valence-electron chi connectivity index (χ2n) is 2.96. The zero-order valence-electron chi connectivity index (χ0n) is 9.07. The fourth-order valence-electron chi connectivity index (χ4n) is 0.720. The number of carbonyl (C=O) groups is 1. The molecule has 0 unspecified atom stereocenters. The van der Waals surface area contributed by atoms with Crippen molar-refractivity contribution in [3.8, 4) is 0 Å². The molecule has 0 spiro atoms. The standard InChI is InChI=1S/C5H11NO.C2HF3O2.N3/c1-6-2-4-7-5-3-6;3-2(4,5)1(6)7;1-3-2/h2-5H2,1H3;(H,6,7);/q;;-1/p+1. The lowest BCUT2D eigenvalue weighted by molar-refractivity contribution is -0.888. The highest BCUT2D eigenvalue weighted by atomic mass is 19.4. The normalized spacial score (nSPS) is 15.5. The highest BCUT2D eigenvalue weighted by Crippen LogP contribution is 2.13. The Bertz CT molecular complexity index is 247. The summed E-state index contributed by atoms with van der Waals surface area (Å²) >= 11 is 0. The van der Waals surface area contributed by atoms with Gasteiger partial charge in [-0.05, 0) is 0 Å². The smallest absolute Gasteiger partial charge is 0.475 e. The van der Waals surface area contributed by atoms with Gasteiger partial charge in [0.2, 0.25) is 0 Å². The number of hydrogen-bond acceptors (Lipinski definition) is 2. The highest BCUT2D eigenvalue weighted by molar-refractivity contribution is 5.73. The van der Waals surface area contributed by atoms with Crippen molar-refractivity contribution >= 4 is 5.97 Å². The second kappa shape index (κ2) is 9.70. The average molecular weight is 258 g/mol. The van der Waals surface area contributed by atoms with E-state index in [1.165, 1.54) is 18.0 Å². The Balaban J connectivity index is 0. The van der Waals surface area contributed by atoms with E-state index in [4.69, 9.17) is 25.7 Å². The minimum absolute atomic E-state index is 0.950. The molecule has 1 fully saturated rings. The van der Waals surface area contributed by atoms with Gasteiger partial charge in [0.05, 0.1) is 20.3 Å². The van der Waals surface area contributed by atoms with Crippen molar-refractivity contribution in [1.82, 2.24) is 0 Å². The Morgan fingerprint density at radius 2 is 1.65 bits per heavy atom. The predicted molar refractivity (Wildman–Crippen MR) is 51.2 cm³/mol. The number of hydrogen-bond donors (Lipinski definition) is 2. The Hall–Kier alpha value is -1.51. The molecule has 0 atom stereocenters. The Labute approximate surface area is 95.2 Å². The van der Waals surface area contributed by atoms with Crippen LogP contribution >= 0.6 is 0 Å². The number of nitrogens with one attached hydrogen (secondary N) is 1. The summed E-state index contributed by atoms with van der Waals surface area (Å²) in [6.45, 7) is 4.26. The third kappa shape index (κ3) is 14.5. The number of nitrogens with zero attached hydrogens (tertiary/aromatic N) is 3. The van der Waals surface area contributed by atoms with E-state index in [0.29, 0.717) is 0 Å². The number of carboxylic acid groups (broad SMARTS) is 1. The molecule has 0 aromatic rings. The molecule has 1 aliphatic heterocycles. The van der Waals surface area contributed by atoms with Crippen molar-refractivity contribution in [2.24, 2.45) is 0 Å². The molecule has 1 saturated heterocycles. The van der Waals surface area contributed by atoms with E-state index < -0.39 is 12.1 Å². The molecule has 0 bridgehead atoms. The molecule has 1 heterocycles. The van der Waals surface area contributed by atoms with Crippen LogP contribution in [-0.4, -0.2) is 50.6 Å². The van der Waals surface area contributed by atoms with E-state index >= 15 is 0 Å². The first-order valence-electron chi connectivity index (χ1n) is 4.43. The van der Waals surface area contributed by atoms with Gasteiger partial charge in [-0.3, -0.25) is 4.91 Å². The summed E-state index contributed by atoms with van der Waals surface area (Å²) in [6, 6.07) is 0. The van der Waals surface area contributed by atoms with Crippen molar-refractivity contribution in [1.29, 1.82) is 0 Å². The van der Waals surface area contributed by atoms with Crippen LogP contribution in [0.3, 0.4) is 0 Å². The van der Waals surface area contributed by atoms with E-state index in [0.717, 1.165) is 13.2 Å². The molecule has 100 valence electrons. The third-order valence-corrected chi connectivity index (χ3v) is 1.59. The first-order valence-corrected chi connectivity index (χ1v) is 4.43. The van der Waals surface area contributed by atoms with E-state index in [2.05, 4.69) is 7.05 Å². The van der Waals surface area contributed by atoms with Gasteiger partial charge in [0, 0.05) is 0 Å². The number of quaternary nitrogens is 1. The predicted octanol–water partition coefficient (Wildman–Crippen LogP) is 0.0307. The van der Waals surface area contributed by atoms with Crippen LogP contribution in [0.25, 0.3) is 16.0 Å². The Morgan fingerprint density at radius 3 is 1.76 bits per heavy atom. The monoisotopic (exact) mass is 258 g/mol. The fourth-order valence-corrected chi connectivity index (χ4v) is 0.720. The maximum atomic E-state index is 10.6. The van der Waals surface area contributed by atoms with Gasteiger partial charge < -0.3 is 25.8 Å². The van der Waals surface area contributed by atoms with Crippen LogP contribution in [0.2, 0.25) is 0 Å². The Kier molecular flexibility index (Phi) is 10.2. The van der Waals surface area contributed by atoms with E-state index in [-0.39, 0.29) is 0 Å². The molecule has 0 radical (unpaired) electrons. The molecule has 0 aromatic carbocycles. The van der Waals surface area contributed by atoms with Gasteiger partial charge >= 0.3 is 12.1 Å². The maximum absolute atomic E-state index is 10.6. The molecule has 1 aliphatic rings. The lowest BCUT2D eigenvalue weighted by Gasteiger charge is -2.18. The number of alkyl halides is 3. The Morgan fingerprint density at radius 1 is 1.35 bits per heavy atom. The lowest BCUT2D eigenvalue weighted by atomic mass is 10.5. The number of halogens is 3. The lowest BCUT2D eigenvalue weighted by Crippen LogP contribution is -3.11. The molecule has 1 rings (SSSR count). The molecule has 10 heteroatoms. The first-order chi connectivity index (χ1) is 7.75. The SMILES string of the molecule is C[NH+]1CCOCC1.O=C(O)C(F)(F)F.[N-]=[N+]=[N-]. The van der Waals surface area contributed by atoms with Crippen LogP contribution in [0.15, 0.2) is 0 Å². The summed E-state index contributed by atoms with van der Waals surface area (Å²) < 4.78 is 36.9. The molecule has 0 aromatic heterocycles. The molecule has 7 nitrogen and oxygen atoms in total. The van der Waals surface area contributed by atoms with Crippen LogP contribution in [0, 0.1) is 0 Å². The summed E-state index contributed by atoms with van der Waals surface area (Å²) in [4.78, 5) is 12.0. The van der Waals surface area contributed by atoms with Crippen LogP contribution in [0.1, 0.15) is 0 Å². The first kappa shape index (κ1) is 17.9. The van der Waals surface area contributed by atoms with Crippen molar-refractivity contribution in [2.75, 3.05) is 33.4 Å². The summed E-state index contributed by atoms with van der Waals surface area (Å²) in [7, 11) is 2.20. The third-order valence-electron chi connectivity index (χ3n) is 1.59. The highest BCUT2D eigenvalue weighted by Gasteiger charge is 2.38. The fraction of sp³-hybridized carbons (Fsp3) is 0.857. The number of carboxylic acids is 1. The number of ether oxygens (including phenoxy) is 1. The summed E-state index contributed by atoms with van der Waals surface area (Å²) in [5.41, 5.74) is 13.5. The van der Waals surface area contributed by atoms with Gasteiger partial charge in [-0.15, -0.1) is 0 Å². The zero-order chi connectivity index (χ0) is 13.9. The molecular weight excluding hydrogens is 245 g/mol. The van der Waals surface area contributed by atoms with E-state index in [1.807, 2.05) is 0 Å². The average Bonchev–Trinajstić information content (AvgIpc) is 2.19. The van der Waals surface area contributed by atoms with Gasteiger partial charge in [0.1, 0.15) is 13.1 Å². The van der Waals surface area contributed by atoms with Crippen molar-refractivity contribution in [3.05, 3.63) is 16.0 Å². The number of likely N-dealkylation sites (N-methyl/N-ethyl adjacent to an activating group) is 1. The van der Waals surface area contributed by atoms with Gasteiger partial charge in [-0.25, -0.2) is 4.79 Å². The minimum Gasteiger partial charge on any atom is -0.475 e. The molecule has 0 amide bonds. The van der Waals surface area contributed by atoms with Crippen LogP contribution in [0.5, 0.6) is 0 Å². The molecule has 2 N–H and O–H groups in total. The van der Waals surface area contributed by atoms with Crippen LogP contribution in [-0.2, 0) is 9.53 Å². The minimum atomic E-state index is -5.08. The summed E-state index contributed by atoms with van der Waals surface area (Å²) in [5, 5.41) is 7.12. The maximum Gasteiger partial charge on any atom is 0.490 e. The van der Waals surface area contributed by atoms with Crippen molar-refractivity contribution in [3.63, 3.8) is 0 Å². The van der Waals surface area contributed by atoms with Gasteiger partial charge in [0.15, 0.2) is 0 Å². The van der Waals surface area contributed by atoms with E-state index in [1.54, 1.807) is 4.90 Å². The molecule has 0 aliphatic carbocycles. The summed E-state index contributed by atoms with van der Waals surface area (Å²) in [6.07, 6.45) is -5.08. The topological polar surface area (TPSA) is 110 Å². The molecule has 17 heavy (non-hydrogen) atoms. The van der Waals surface area contributed by atoms with Crippen molar-refractivity contribution < 1.29 is 32.7 Å². The zero-order valence-corrected chi connectivity index (χ0v) is 9.07. The van der Waals surface area contributed by atoms with Crippen molar-refractivity contribution in [2.45, 2.75) is 6.18 Å². The van der Waals surface area contributed by atoms with Crippen LogP contribution in [0.4, 0.5) is 13.2 Å². The van der Waals surface area contributed by atoms with Gasteiger partial charge in [-0.1, -0.05) is 0 Å². The largest absolute Gasteiger partial charge is 0.490 e. The van der Waals surface area contributed by atoms with Gasteiger partial charge in [-0.2, -0.15) is 13.2 Å². The molecule has 0 saturated carbocycles. The van der Waals surface area contributed by atoms with Crippen LogP contribution < -0.4 is 4.90 Å². The summed E-state index contributed by atoms with van der Waals surface area (Å²) in [5.74, 6) is -2.76. The van der Waals surface area contributed by atoms with E-state index in [9.17, 15) is 13.2 Å². The number of rotatable bonds is 0. The number of morpholine rings is 1. The second-order valence-corrected chi connectivity index (χ2v) is 2.96.